The lowest BCUT2D eigenvalue weighted by molar-refractivity contribution is -0.154. The molecule has 5 heteroatoms. The zero-order valence-electron chi connectivity index (χ0n) is 18.5. The molecule has 1 aromatic heterocycles. The Kier molecular flexibility index (Phi) is 5.99. The third-order valence-corrected chi connectivity index (χ3v) is 8.29. The zero-order chi connectivity index (χ0) is 20.5. The van der Waals surface area contributed by atoms with Gasteiger partial charge in [0.15, 0.2) is 0 Å². The largest absolute Gasteiger partial charge is 0.481 e. The van der Waals surface area contributed by atoms with Crippen LogP contribution in [-0.2, 0) is 11.3 Å². The molecule has 1 amide bonds. The predicted octanol–water partition coefficient (Wildman–Crippen LogP) is 4.26. The molecular weight excluding hydrogens is 374 g/mol. The van der Waals surface area contributed by atoms with Crippen molar-refractivity contribution in [1.82, 2.24) is 14.8 Å². The summed E-state index contributed by atoms with van der Waals surface area (Å²) in [5.41, 5.74) is 1.28. The molecular formula is C25H37N3O2. The van der Waals surface area contributed by atoms with Crippen molar-refractivity contribution in [2.45, 2.75) is 82.8 Å². The van der Waals surface area contributed by atoms with Crippen molar-refractivity contribution >= 4 is 5.91 Å². The van der Waals surface area contributed by atoms with Crippen LogP contribution in [0.1, 0.15) is 69.8 Å². The van der Waals surface area contributed by atoms with E-state index < -0.39 is 0 Å². The number of aromatic nitrogens is 1. The Morgan fingerprint density at radius 2 is 1.93 bits per heavy atom. The topological polar surface area (TPSA) is 45.7 Å². The van der Waals surface area contributed by atoms with Gasteiger partial charge in [-0.15, -0.1) is 0 Å². The zero-order valence-corrected chi connectivity index (χ0v) is 18.5. The second kappa shape index (κ2) is 8.86. The minimum Gasteiger partial charge on any atom is -0.481 e. The van der Waals surface area contributed by atoms with E-state index in [9.17, 15) is 4.79 Å². The fraction of sp³-hybridized carbons (Fsp3) is 0.760. The first-order valence-electron chi connectivity index (χ1n) is 12.2. The van der Waals surface area contributed by atoms with Gasteiger partial charge in [0.05, 0.1) is 7.11 Å². The van der Waals surface area contributed by atoms with Crippen LogP contribution in [0.2, 0.25) is 0 Å². The molecule has 4 atom stereocenters. The number of nitrogens with zero attached hydrogens (tertiary/aromatic N) is 3. The van der Waals surface area contributed by atoms with Gasteiger partial charge in [0.1, 0.15) is 0 Å². The summed E-state index contributed by atoms with van der Waals surface area (Å²) in [6.07, 6.45) is 14.4. The molecule has 1 aromatic rings. The maximum atomic E-state index is 13.0. The first-order chi connectivity index (χ1) is 14.7. The van der Waals surface area contributed by atoms with Crippen molar-refractivity contribution in [2.24, 2.45) is 17.8 Å². The van der Waals surface area contributed by atoms with Gasteiger partial charge in [0, 0.05) is 50.4 Å². The van der Waals surface area contributed by atoms with Gasteiger partial charge in [0.2, 0.25) is 11.8 Å². The number of fused-ring (bicyclic) bond motifs is 4. The van der Waals surface area contributed by atoms with Crippen molar-refractivity contribution in [3.8, 4) is 5.88 Å². The summed E-state index contributed by atoms with van der Waals surface area (Å²) in [7, 11) is 1.68. The highest BCUT2D eigenvalue weighted by Crippen LogP contribution is 2.44. The highest BCUT2D eigenvalue weighted by molar-refractivity contribution is 5.78. The van der Waals surface area contributed by atoms with Gasteiger partial charge in [0.25, 0.3) is 0 Å². The molecule has 1 aliphatic carbocycles. The minimum absolute atomic E-state index is 0.453. The lowest BCUT2D eigenvalue weighted by atomic mass is 9.69. The standard InChI is InChI=1S/C25H37N3O2/c1-30-24-13-19(10-11-26-24)15-27-16-20-14-21(17-27)23(12-18-6-3-2-4-7-18)28-22(20)8-5-9-25(28)29/h10-11,13,18,20-23H,2-9,12,14-17H2,1H3/t20-,21+,22+,23+/m1/s1. The lowest BCUT2D eigenvalue weighted by Crippen LogP contribution is -2.65. The Morgan fingerprint density at radius 1 is 1.10 bits per heavy atom. The molecule has 164 valence electrons. The summed E-state index contributed by atoms with van der Waals surface area (Å²) < 4.78 is 5.33. The molecule has 5 nitrogen and oxygen atoms in total. The number of hydrogen-bond acceptors (Lipinski definition) is 4. The van der Waals surface area contributed by atoms with Crippen molar-refractivity contribution < 1.29 is 9.53 Å². The summed E-state index contributed by atoms with van der Waals surface area (Å²) in [4.78, 5) is 22.4. The molecule has 1 saturated carbocycles. The van der Waals surface area contributed by atoms with Crippen molar-refractivity contribution in [1.29, 1.82) is 0 Å². The monoisotopic (exact) mass is 411 g/mol. The lowest BCUT2D eigenvalue weighted by Gasteiger charge is -2.57. The summed E-state index contributed by atoms with van der Waals surface area (Å²) in [6.45, 7) is 3.20. The molecule has 2 bridgehead atoms. The molecule has 0 N–H and O–H groups in total. The van der Waals surface area contributed by atoms with Crippen LogP contribution in [-0.4, -0.2) is 53.0 Å². The quantitative estimate of drug-likeness (QED) is 0.726. The van der Waals surface area contributed by atoms with Gasteiger partial charge >= 0.3 is 0 Å². The Labute approximate surface area is 181 Å². The van der Waals surface area contributed by atoms with E-state index >= 15 is 0 Å². The number of carbonyl (C=O) groups is 1. The molecule has 4 aliphatic rings. The van der Waals surface area contributed by atoms with Crippen LogP contribution < -0.4 is 4.74 Å². The van der Waals surface area contributed by atoms with Crippen molar-refractivity contribution in [3.05, 3.63) is 23.9 Å². The molecule has 0 spiro atoms. The molecule has 5 rings (SSSR count). The van der Waals surface area contributed by atoms with Gasteiger partial charge in [-0.05, 0) is 55.1 Å². The smallest absolute Gasteiger partial charge is 0.223 e. The fourth-order valence-electron chi connectivity index (χ4n) is 6.99. The molecule has 0 radical (unpaired) electrons. The van der Waals surface area contributed by atoms with E-state index in [1.54, 1.807) is 7.11 Å². The number of rotatable bonds is 5. The molecule has 30 heavy (non-hydrogen) atoms. The predicted molar refractivity (Wildman–Crippen MR) is 117 cm³/mol. The average molecular weight is 412 g/mol. The molecule has 4 heterocycles. The first-order valence-corrected chi connectivity index (χ1v) is 12.2. The van der Waals surface area contributed by atoms with Crippen LogP contribution in [0, 0.1) is 17.8 Å². The molecule has 3 saturated heterocycles. The molecule has 0 aromatic carbocycles. The van der Waals surface area contributed by atoms with E-state index in [1.807, 2.05) is 6.20 Å². The number of carbonyl (C=O) groups excluding carboxylic acids is 1. The summed E-state index contributed by atoms with van der Waals surface area (Å²) >= 11 is 0. The van der Waals surface area contributed by atoms with Gasteiger partial charge in [-0.2, -0.15) is 0 Å². The van der Waals surface area contributed by atoms with E-state index in [-0.39, 0.29) is 0 Å². The highest BCUT2D eigenvalue weighted by Gasteiger charge is 2.49. The molecule has 0 unspecified atom stereocenters. The van der Waals surface area contributed by atoms with Crippen LogP contribution in [0.4, 0.5) is 0 Å². The Hall–Kier alpha value is -1.62. The fourth-order valence-corrected chi connectivity index (χ4v) is 6.99. The minimum atomic E-state index is 0.453. The van der Waals surface area contributed by atoms with Crippen LogP contribution in [0.15, 0.2) is 18.3 Å². The number of hydrogen-bond donors (Lipinski definition) is 0. The maximum absolute atomic E-state index is 13.0. The van der Waals surface area contributed by atoms with Crippen LogP contribution in [0.3, 0.4) is 0 Å². The van der Waals surface area contributed by atoms with Crippen LogP contribution in [0.5, 0.6) is 5.88 Å². The summed E-state index contributed by atoms with van der Waals surface area (Å²) in [5.74, 6) is 3.25. The average Bonchev–Trinajstić information content (AvgIpc) is 2.77. The number of amides is 1. The maximum Gasteiger partial charge on any atom is 0.223 e. The van der Waals surface area contributed by atoms with Gasteiger partial charge in [-0.1, -0.05) is 32.1 Å². The third kappa shape index (κ3) is 4.10. The van der Waals surface area contributed by atoms with Crippen molar-refractivity contribution in [3.63, 3.8) is 0 Å². The second-order valence-corrected chi connectivity index (χ2v) is 10.2. The van der Waals surface area contributed by atoms with E-state index in [0.717, 1.165) is 38.4 Å². The van der Waals surface area contributed by atoms with Crippen molar-refractivity contribution in [2.75, 3.05) is 20.2 Å². The number of likely N-dealkylation sites (tertiary alicyclic amines) is 1. The number of pyridine rings is 1. The van der Waals surface area contributed by atoms with Gasteiger partial charge in [-0.25, -0.2) is 4.98 Å². The summed E-state index contributed by atoms with van der Waals surface area (Å²) in [6, 6.07) is 5.13. The Morgan fingerprint density at radius 3 is 2.77 bits per heavy atom. The Balaban J connectivity index is 1.35. The van der Waals surface area contributed by atoms with E-state index in [1.165, 1.54) is 56.9 Å². The van der Waals surface area contributed by atoms with E-state index in [2.05, 4.69) is 26.9 Å². The second-order valence-electron chi connectivity index (χ2n) is 10.2. The Bertz CT molecular complexity index is 748. The van der Waals surface area contributed by atoms with Crippen LogP contribution >= 0.6 is 0 Å². The highest BCUT2D eigenvalue weighted by atomic mass is 16.5. The number of methoxy groups -OCH3 is 1. The third-order valence-electron chi connectivity index (χ3n) is 8.29. The van der Waals surface area contributed by atoms with E-state index in [4.69, 9.17) is 4.74 Å². The molecule has 4 fully saturated rings. The normalized spacial score (nSPS) is 32.7. The van der Waals surface area contributed by atoms with Gasteiger partial charge < -0.3 is 9.64 Å². The number of piperidine rings is 3. The first kappa shape index (κ1) is 20.3. The SMILES string of the molecule is COc1cc(CN2C[C@H]3C[C@@H](C2)[C@H](CC2CCCCC2)N2C(=O)CCC[C@@H]32)ccn1. The molecule has 3 aliphatic heterocycles. The van der Waals surface area contributed by atoms with E-state index in [0.29, 0.717) is 35.7 Å². The van der Waals surface area contributed by atoms with Crippen LogP contribution in [0.25, 0.3) is 0 Å². The summed E-state index contributed by atoms with van der Waals surface area (Å²) in [5, 5.41) is 0. The van der Waals surface area contributed by atoms with Gasteiger partial charge in [-0.3, -0.25) is 9.69 Å². The number of ether oxygens (including phenoxy) is 1.